The van der Waals surface area contributed by atoms with Crippen molar-refractivity contribution in [1.82, 2.24) is 10.1 Å². The molecule has 20 heavy (non-hydrogen) atoms. The second kappa shape index (κ2) is 4.41. The highest BCUT2D eigenvalue weighted by atomic mass is 16.5. The summed E-state index contributed by atoms with van der Waals surface area (Å²) in [6.45, 7) is 0.587. The van der Waals surface area contributed by atoms with E-state index < -0.39 is 0 Å². The molecule has 0 amide bonds. The van der Waals surface area contributed by atoms with E-state index in [4.69, 9.17) is 13.7 Å². The van der Waals surface area contributed by atoms with Gasteiger partial charge in [-0.3, -0.25) is 0 Å². The molecule has 0 aliphatic carbocycles. The van der Waals surface area contributed by atoms with Crippen molar-refractivity contribution >= 4 is 5.69 Å². The van der Waals surface area contributed by atoms with Crippen molar-refractivity contribution in [2.45, 2.75) is 6.10 Å². The summed E-state index contributed by atoms with van der Waals surface area (Å²) in [6.07, 6.45) is 2.85. The van der Waals surface area contributed by atoms with Crippen LogP contribution in [-0.4, -0.2) is 16.7 Å². The Morgan fingerprint density at radius 3 is 3.05 bits per heavy atom. The van der Waals surface area contributed by atoms with Gasteiger partial charge < -0.3 is 19.0 Å². The van der Waals surface area contributed by atoms with Crippen LogP contribution >= 0.6 is 0 Å². The summed E-state index contributed by atoms with van der Waals surface area (Å²) in [6, 6.07) is 9.54. The second-order valence-corrected chi connectivity index (χ2v) is 4.45. The Morgan fingerprint density at radius 2 is 2.15 bits per heavy atom. The topological polar surface area (TPSA) is 73.3 Å². The largest absolute Gasteiger partial charge is 0.477 e. The molecule has 0 spiro atoms. The maximum atomic E-state index is 5.87. The first-order valence-electron chi connectivity index (χ1n) is 6.26. The number of hydrogen-bond donors (Lipinski definition) is 1. The van der Waals surface area contributed by atoms with Crippen LogP contribution in [0.3, 0.4) is 0 Å². The SMILES string of the molecule is c1ccc2c(c1)NCC(c1nc(-c3ccoc3)no1)O2. The highest BCUT2D eigenvalue weighted by molar-refractivity contribution is 5.58. The first kappa shape index (κ1) is 11.1. The lowest BCUT2D eigenvalue weighted by atomic mass is 10.2. The molecular weight excluding hydrogens is 258 g/mol. The summed E-state index contributed by atoms with van der Waals surface area (Å²) in [7, 11) is 0. The van der Waals surface area contributed by atoms with E-state index in [0.29, 0.717) is 18.3 Å². The number of anilines is 1. The summed E-state index contributed by atoms with van der Waals surface area (Å²) in [5.41, 5.74) is 1.75. The zero-order chi connectivity index (χ0) is 13.4. The number of rotatable bonds is 2. The molecule has 0 fully saturated rings. The molecule has 1 unspecified atom stereocenters. The van der Waals surface area contributed by atoms with E-state index in [9.17, 15) is 0 Å². The van der Waals surface area contributed by atoms with Gasteiger partial charge in [0.2, 0.25) is 5.82 Å². The maximum absolute atomic E-state index is 5.87. The van der Waals surface area contributed by atoms with Crippen molar-refractivity contribution in [3.63, 3.8) is 0 Å². The van der Waals surface area contributed by atoms with E-state index in [1.807, 2.05) is 24.3 Å². The lowest BCUT2D eigenvalue weighted by Crippen LogP contribution is -2.23. The van der Waals surface area contributed by atoms with Crippen molar-refractivity contribution in [2.75, 3.05) is 11.9 Å². The minimum absolute atomic E-state index is 0.293. The summed E-state index contributed by atoms with van der Waals surface area (Å²) in [5, 5.41) is 7.22. The quantitative estimate of drug-likeness (QED) is 0.771. The smallest absolute Gasteiger partial charge is 0.269 e. The normalized spacial score (nSPS) is 17.1. The van der Waals surface area contributed by atoms with Crippen molar-refractivity contribution in [3.05, 3.63) is 48.7 Å². The van der Waals surface area contributed by atoms with E-state index in [1.54, 1.807) is 18.6 Å². The molecule has 1 aliphatic heterocycles. The Labute approximate surface area is 114 Å². The molecule has 6 heteroatoms. The highest BCUT2D eigenvalue weighted by Crippen LogP contribution is 2.33. The summed E-state index contributed by atoms with van der Waals surface area (Å²) >= 11 is 0. The van der Waals surface area contributed by atoms with Gasteiger partial charge in [0, 0.05) is 0 Å². The molecule has 0 bridgehead atoms. The Hall–Kier alpha value is -2.76. The van der Waals surface area contributed by atoms with Crippen molar-refractivity contribution < 1.29 is 13.7 Å². The Morgan fingerprint density at radius 1 is 1.20 bits per heavy atom. The number of para-hydroxylation sites is 2. The van der Waals surface area contributed by atoms with Gasteiger partial charge in [-0.05, 0) is 18.2 Å². The summed E-state index contributed by atoms with van der Waals surface area (Å²) in [4.78, 5) is 4.35. The molecule has 1 atom stereocenters. The van der Waals surface area contributed by atoms with Gasteiger partial charge in [-0.2, -0.15) is 4.98 Å². The molecule has 1 N–H and O–H groups in total. The number of nitrogens with one attached hydrogen (secondary N) is 1. The number of hydrogen-bond acceptors (Lipinski definition) is 6. The summed E-state index contributed by atoms with van der Waals surface area (Å²) in [5.74, 6) is 1.73. The van der Waals surface area contributed by atoms with Crippen LogP contribution < -0.4 is 10.1 Å². The number of benzene rings is 1. The molecule has 4 rings (SSSR count). The van der Waals surface area contributed by atoms with Crippen LogP contribution in [0, 0.1) is 0 Å². The average molecular weight is 269 g/mol. The second-order valence-electron chi connectivity index (χ2n) is 4.45. The van der Waals surface area contributed by atoms with Gasteiger partial charge in [0.1, 0.15) is 12.0 Å². The fourth-order valence-electron chi connectivity index (χ4n) is 2.13. The average Bonchev–Trinajstić information content (AvgIpc) is 3.17. The zero-order valence-corrected chi connectivity index (χ0v) is 10.4. The Balaban J connectivity index is 1.60. The maximum Gasteiger partial charge on any atom is 0.269 e. The number of nitrogens with zero attached hydrogens (tertiary/aromatic N) is 2. The predicted molar refractivity (Wildman–Crippen MR) is 70.3 cm³/mol. The minimum atomic E-state index is -0.293. The van der Waals surface area contributed by atoms with Crippen LogP contribution in [0.2, 0.25) is 0 Å². The van der Waals surface area contributed by atoms with Crippen molar-refractivity contribution in [3.8, 4) is 17.1 Å². The Bertz CT molecular complexity index is 721. The predicted octanol–water partition coefficient (Wildman–Crippen LogP) is 2.88. The first-order chi connectivity index (χ1) is 9.90. The third-order valence-corrected chi connectivity index (χ3v) is 3.13. The van der Waals surface area contributed by atoms with Crippen LogP contribution in [-0.2, 0) is 0 Å². The van der Waals surface area contributed by atoms with Crippen molar-refractivity contribution in [2.24, 2.45) is 0 Å². The van der Waals surface area contributed by atoms with Crippen molar-refractivity contribution in [1.29, 1.82) is 0 Å². The fourth-order valence-corrected chi connectivity index (χ4v) is 2.13. The third kappa shape index (κ3) is 1.82. The molecule has 0 radical (unpaired) electrons. The number of fused-ring (bicyclic) bond motifs is 1. The van der Waals surface area contributed by atoms with Crippen LogP contribution in [0.15, 0.2) is 51.8 Å². The first-order valence-corrected chi connectivity index (χ1v) is 6.26. The lowest BCUT2D eigenvalue weighted by molar-refractivity contribution is 0.163. The van der Waals surface area contributed by atoms with E-state index in [2.05, 4.69) is 15.5 Å². The zero-order valence-electron chi connectivity index (χ0n) is 10.4. The molecule has 0 saturated heterocycles. The monoisotopic (exact) mass is 269 g/mol. The van der Waals surface area contributed by atoms with Gasteiger partial charge in [-0.25, -0.2) is 0 Å². The third-order valence-electron chi connectivity index (χ3n) is 3.13. The number of ether oxygens (including phenoxy) is 1. The van der Waals surface area contributed by atoms with Crippen LogP contribution in [0.5, 0.6) is 5.75 Å². The molecule has 3 heterocycles. The minimum Gasteiger partial charge on any atom is -0.477 e. The molecule has 6 nitrogen and oxygen atoms in total. The highest BCUT2D eigenvalue weighted by Gasteiger charge is 2.26. The Kier molecular flexibility index (Phi) is 2.45. The lowest BCUT2D eigenvalue weighted by Gasteiger charge is -2.24. The van der Waals surface area contributed by atoms with Crippen LogP contribution in [0.4, 0.5) is 5.69 Å². The molecule has 0 saturated carbocycles. The van der Waals surface area contributed by atoms with Gasteiger partial charge in [0.05, 0.1) is 24.1 Å². The van der Waals surface area contributed by atoms with Gasteiger partial charge in [0.25, 0.3) is 5.89 Å². The van der Waals surface area contributed by atoms with Gasteiger partial charge in [-0.1, -0.05) is 17.3 Å². The molecule has 3 aromatic rings. The van der Waals surface area contributed by atoms with Gasteiger partial charge in [-0.15, -0.1) is 0 Å². The van der Waals surface area contributed by atoms with Crippen LogP contribution in [0.25, 0.3) is 11.4 Å². The molecule has 100 valence electrons. The van der Waals surface area contributed by atoms with Gasteiger partial charge >= 0.3 is 0 Å². The molecule has 1 aliphatic rings. The van der Waals surface area contributed by atoms with E-state index >= 15 is 0 Å². The fraction of sp³-hybridized carbons (Fsp3) is 0.143. The standard InChI is InChI=1S/C14H11N3O3/c1-2-4-11-10(3-1)15-7-12(19-11)14-16-13(17-20-14)9-5-6-18-8-9/h1-6,8,12,15H,7H2. The molecule has 1 aromatic carbocycles. The molecular formula is C14H11N3O3. The van der Waals surface area contributed by atoms with Crippen LogP contribution in [0.1, 0.15) is 12.0 Å². The summed E-state index contributed by atoms with van der Waals surface area (Å²) < 4.78 is 16.1. The van der Waals surface area contributed by atoms with Gasteiger partial charge in [0.15, 0.2) is 6.10 Å². The van der Waals surface area contributed by atoms with E-state index in [0.717, 1.165) is 17.0 Å². The molecule has 2 aromatic heterocycles. The number of aromatic nitrogens is 2. The van der Waals surface area contributed by atoms with E-state index in [-0.39, 0.29) is 6.10 Å². The number of furan rings is 1. The van der Waals surface area contributed by atoms with E-state index in [1.165, 1.54) is 0 Å².